The van der Waals surface area contributed by atoms with E-state index in [1.807, 2.05) is 0 Å². The maximum atomic E-state index is 13.2. The van der Waals surface area contributed by atoms with Crippen LogP contribution in [-0.2, 0) is 14.8 Å². The van der Waals surface area contributed by atoms with Crippen molar-refractivity contribution in [3.05, 3.63) is 24.0 Å². The number of nitrogen functional groups attached to an aromatic ring is 1. The van der Waals surface area contributed by atoms with Crippen molar-refractivity contribution >= 4 is 15.7 Å². The molecule has 0 fully saturated rings. The van der Waals surface area contributed by atoms with E-state index >= 15 is 0 Å². The smallest absolute Gasteiger partial charge is 0.242 e. The second-order valence-corrected chi connectivity index (χ2v) is 6.58. The van der Waals surface area contributed by atoms with Gasteiger partial charge in [0.15, 0.2) is 0 Å². The first-order valence-corrected chi connectivity index (χ1v) is 7.94. The van der Waals surface area contributed by atoms with Crippen LogP contribution >= 0.6 is 0 Å². The Hall–Kier alpha value is -1.18. The van der Waals surface area contributed by atoms with Crippen LogP contribution < -0.4 is 10.5 Å². The lowest BCUT2D eigenvalue weighted by Crippen LogP contribution is -2.28. The zero-order chi connectivity index (χ0) is 15.2. The summed E-state index contributed by atoms with van der Waals surface area (Å²) in [6.07, 6.45) is 0.920. The first-order chi connectivity index (χ1) is 9.34. The number of nitrogens with two attached hydrogens (primary N) is 1. The average Bonchev–Trinajstić information content (AvgIpc) is 2.36. The molecule has 0 saturated heterocycles. The van der Waals surface area contributed by atoms with Crippen LogP contribution in [0.1, 0.15) is 20.3 Å². The lowest BCUT2D eigenvalue weighted by atomic mass is 10.1. The zero-order valence-corrected chi connectivity index (χ0v) is 12.5. The summed E-state index contributed by atoms with van der Waals surface area (Å²) < 4.78 is 44.7. The monoisotopic (exact) mass is 304 g/mol. The van der Waals surface area contributed by atoms with Crippen molar-refractivity contribution in [1.82, 2.24) is 4.72 Å². The molecule has 0 aromatic heterocycles. The summed E-state index contributed by atoms with van der Waals surface area (Å²) in [6, 6.07) is 3.68. The summed E-state index contributed by atoms with van der Waals surface area (Å²) in [6.45, 7) is 5.14. The Morgan fingerprint density at radius 1 is 1.35 bits per heavy atom. The Morgan fingerprint density at radius 2 is 2.05 bits per heavy atom. The Bertz CT molecular complexity index is 532. The van der Waals surface area contributed by atoms with Gasteiger partial charge in [0.1, 0.15) is 10.7 Å². The van der Waals surface area contributed by atoms with Gasteiger partial charge in [-0.25, -0.2) is 17.5 Å². The third kappa shape index (κ3) is 5.07. The highest BCUT2D eigenvalue weighted by atomic mass is 32.2. The largest absolute Gasteiger partial charge is 0.395 e. The first-order valence-electron chi connectivity index (χ1n) is 6.46. The van der Waals surface area contributed by atoms with Crippen molar-refractivity contribution in [1.29, 1.82) is 0 Å². The molecule has 0 heterocycles. The second-order valence-electron chi connectivity index (χ2n) is 4.84. The average molecular weight is 304 g/mol. The number of rotatable bonds is 8. The van der Waals surface area contributed by atoms with Gasteiger partial charge in [-0.1, -0.05) is 19.9 Å². The van der Waals surface area contributed by atoms with E-state index < -0.39 is 15.8 Å². The Kier molecular flexibility index (Phi) is 6.38. The number of para-hydroxylation sites is 1. The molecule has 0 atom stereocenters. The van der Waals surface area contributed by atoms with Crippen LogP contribution in [0.5, 0.6) is 0 Å². The number of sulfonamides is 1. The van der Waals surface area contributed by atoms with Crippen LogP contribution in [0.25, 0.3) is 0 Å². The molecule has 114 valence electrons. The van der Waals surface area contributed by atoms with Crippen molar-refractivity contribution in [2.24, 2.45) is 5.92 Å². The summed E-state index contributed by atoms with van der Waals surface area (Å²) in [7, 11) is -3.81. The fourth-order valence-corrected chi connectivity index (χ4v) is 2.65. The van der Waals surface area contributed by atoms with Crippen molar-refractivity contribution in [2.45, 2.75) is 25.2 Å². The number of hydrogen-bond donors (Lipinski definition) is 2. The lowest BCUT2D eigenvalue weighted by Gasteiger charge is -2.10. The number of benzene rings is 1. The molecule has 0 aliphatic heterocycles. The predicted molar refractivity (Wildman–Crippen MR) is 76.3 cm³/mol. The minimum atomic E-state index is -3.81. The van der Waals surface area contributed by atoms with Crippen LogP contribution in [0, 0.1) is 11.7 Å². The lowest BCUT2D eigenvalue weighted by molar-refractivity contribution is 0.128. The fraction of sp³-hybridized carbons (Fsp3) is 0.538. The maximum absolute atomic E-state index is 13.2. The van der Waals surface area contributed by atoms with E-state index in [0.29, 0.717) is 12.5 Å². The molecule has 1 aromatic carbocycles. The van der Waals surface area contributed by atoms with E-state index in [2.05, 4.69) is 18.6 Å². The molecule has 0 amide bonds. The van der Waals surface area contributed by atoms with Crippen LogP contribution in [0.3, 0.4) is 0 Å². The summed E-state index contributed by atoms with van der Waals surface area (Å²) in [5.74, 6) is -0.208. The Morgan fingerprint density at radius 3 is 2.70 bits per heavy atom. The number of hydrogen-bond acceptors (Lipinski definition) is 4. The molecule has 0 bridgehead atoms. The molecule has 3 N–H and O–H groups in total. The highest BCUT2D eigenvalue weighted by molar-refractivity contribution is 7.89. The third-order valence-electron chi connectivity index (χ3n) is 2.68. The van der Waals surface area contributed by atoms with E-state index in [4.69, 9.17) is 10.5 Å². The van der Waals surface area contributed by atoms with E-state index in [0.717, 1.165) is 12.5 Å². The van der Waals surface area contributed by atoms with Crippen LogP contribution in [0.15, 0.2) is 23.1 Å². The van der Waals surface area contributed by atoms with Gasteiger partial charge in [0.2, 0.25) is 10.0 Å². The highest BCUT2D eigenvalue weighted by Gasteiger charge is 2.18. The highest BCUT2D eigenvalue weighted by Crippen LogP contribution is 2.20. The first kappa shape index (κ1) is 16.9. The number of ether oxygens (including phenoxy) is 1. The van der Waals surface area contributed by atoms with Crippen molar-refractivity contribution in [3.8, 4) is 0 Å². The molecule has 0 aliphatic carbocycles. The number of nitrogens with one attached hydrogen (secondary N) is 1. The maximum Gasteiger partial charge on any atom is 0.242 e. The molecule has 0 unspecified atom stereocenters. The molecule has 20 heavy (non-hydrogen) atoms. The van der Waals surface area contributed by atoms with Crippen molar-refractivity contribution in [2.75, 3.05) is 25.5 Å². The van der Waals surface area contributed by atoms with Gasteiger partial charge < -0.3 is 10.5 Å². The van der Waals surface area contributed by atoms with Gasteiger partial charge in [0.25, 0.3) is 0 Å². The quantitative estimate of drug-likeness (QED) is 0.566. The number of anilines is 1. The van der Waals surface area contributed by atoms with E-state index in [-0.39, 0.29) is 23.7 Å². The third-order valence-corrected chi connectivity index (χ3v) is 4.20. The summed E-state index contributed by atoms with van der Waals surface area (Å²) in [5, 5.41) is 0. The molecular formula is C13H21FN2O3S. The molecule has 0 radical (unpaired) electrons. The van der Waals surface area contributed by atoms with E-state index in [9.17, 15) is 12.8 Å². The van der Waals surface area contributed by atoms with Gasteiger partial charge in [-0.3, -0.25) is 0 Å². The summed E-state index contributed by atoms with van der Waals surface area (Å²) >= 11 is 0. The summed E-state index contributed by atoms with van der Waals surface area (Å²) in [4.78, 5) is -0.250. The van der Waals surface area contributed by atoms with E-state index in [1.165, 1.54) is 12.1 Å². The fourth-order valence-electron chi connectivity index (χ4n) is 1.50. The molecule has 0 saturated carbocycles. The van der Waals surface area contributed by atoms with Gasteiger partial charge in [-0.05, 0) is 24.5 Å². The minimum absolute atomic E-state index is 0.121. The summed E-state index contributed by atoms with van der Waals surface area (Å²) in [5.41, 5.74) is 5.05. The molecule has 7 heteroatoms. The molecule has 5 nitrogen and oxygen atoms in total. The predicted octanol–water partition coefficient (Wildman–Crippen LogP) is 1.75. The SMILES string of the molecule is CC(C)CCOCCNS(=O)(=O)c1cccc(F)c1N. The topological polar surface area (TPSA) is 81.4 Å². The van der Waals surface area contributed by atoms with Crippen LogP contribution in [-0.4, -0.2) is 28.2 Å². The van der Waals surface area contributed by atoms with Crippen LogP contribution in [0.4, 0.5) is 10.1 Å². The Labute approximate surface area is 119 Å². The van der Waals surface area contributed by atoms with Gasteiger partial charge in [-0.15, -0.1) is 0 Å². The van der Waals surface area contributed by atoms with Gasteiger partial charge >= 0.3 is 0 Å². The van der Waals surface area contributed by atoms with E-state index in [1.54, 1.807) is 0 Å². The van der Waals surface area contributed by atoms with Gasteiger partial charge in [0.05, 0.1) is 12.3 Å². The van der Waals surface area contributed by atoms with Gasteiger partial charge in [-0.2, -0.15) is 0 Å². The zero-order valence-electron chi connectivity index (χ0n) is 11.7. The van der Waals surface area contributed by atoms with Gasteiger partial charge in [0, 0.05) is 13.2 Å². The normalized spacial score (nSPS) is 12.0. The number of halogens is 1. The molecule has 0 aliphatic rings. The second kappa shape index (κ2) is 7.56. The molecular weight excluding hydrogens is 283 g/mol. The van der Waals surface area contributed by atoms with Crippen molar-refractivity contribution < 1.29 is 17.5 Å². The molecule has 0 spiro atoms. The Balaban J connectivity index is 2.48. The van der Waals surface area contributed by atoms with Crippen molar-refractivity contribution in [3.63, 3.8) is 0 Å². The molecule has 1 aromatic rings. The standard InChI is InChI=1S/C13H21FN2O3S/c1-10(2)6-8-19-9-7-16-20(17,18)12-5-3-4-11(14)13(12)15/h3-5,10,16H,6-9,15H2,1-2H3. The minimum Gasteiger partial charge on any atom is -0.395 e. The van der Waals surface area contributed by atoms with Crippen LogP contribution in [0.2, 0.25) is 0 Å². The molecule has 1 rings (SSSR count).